The summed E-state index contributed by atoms with van der Waals surface area (Å²) in [5.41, 5.74) is 0.934. The van der Waals surface area contributed by atoms with Crippen molar-refractivity contribution in [1.82, 2.24) is 14.7 Å². The maximum Gasteiger partial charge on any atom is 0.273 e. The van der Waals surface area contributed by atoms with E-state index in [1.165, 1.54) is 4.68 Å². The molecule has 0 spiro atoms. The average molecular weight is 251 g/mol. The van der Waals surface area contributed by atoms with Gasteiger partial charge in [0.1, 0.15) is 6.54 Å². The van der Waals surface area contributed by atoms with Gasteiger partial charge in [-0.2, -0.15) is 10.0 Å². The summed E-state index contributed by atoms with van der Waals surface area (Å²) in [6.07, 6.45) is 1.65. The van der Waals surface area contributed by atoms with E-state index in [2.05, 4.69) is 27.1 Å². The molecule has 1 fully saturated rings. The molecule has 1 aromatic rings. The minimum absolute atomic E-state index is 0.100. The van der Waals surface area contributed by atoms with Crippen LogP contribution in [0.2, 0.25) is 0 Å². The number of nitroso groups, excluding NO2 is 1. The summed E-state index contributed by atoms with van der Waals surface area (Å²) >= 11 is 0. The summed E-state index contributed by atoms with van der Waals surface area (Å²) in [6, 6.07) is 0. The minimum atomic E-state index is -0.244. The number of hydrogen-bond donors (Lipinski definition) is 0. The Morgan fingerprint density at radius 3 is 2.56 bits per heavy atom. The Kier molecular flexibility index (Phi) is 3.71. The summed E-state index contributed by atoms with van der Waals surface area (Å²) < 4.78 is 1.24. The SMILES string of the molecule is CN1CCN(c2cnn(C)c(=O)c2CN=O)CC1. The number of nitrogens with zero attached hydrogens (tertiary/aromatic N) is 5. The van der Waals surface area contributed by atoms with Crippen LogP contribution >= 0.6 is 0 Å². The molecule has 0 aliphatic carbocycles. The average Bonchev–Trinajstić information content (AvgIpc) is 2.37. The number of rotatable bonds is 3. The number of likely N-dealkylation sites (N-methyl/N-ethyl adjacent to an activating group) is 1. The number of piperazine rings is 1. The fourth-order valence-electron chi connectivity index (χ4n) is 2.11. The second-order valence-electron chi connectivity index (χ2n) is 4.51. The molecule has 0 unspecified atom stereocenters. The maximum atomic E-state index is 12.0. The molecule has 0 radical (unpaired) electrons. The van der Waals surface area contributed by atoms with E-state index >= 15 is 0 Å². The minimum Gasteiger partial charge on any atom is -0.367 e. The Balaban J connectivity index is 2.35. The molecule has 0 amide bonds. The fourth-order valence-corrected chi connectivity index (χ4v) is 2.11. The lowest BCUT2D eigenvalue weighted by atomic mass is 10.2. The molecule has 0 saturated carbocycles. The third-order valence-electron chi connectivity index (χ3n) is 3.28. The van der Waals surface area contributed by atoms with Crippen LogP contribution in [-0.4, -0.2) is 47.9 Å². The van der Waals surface area contributed by atoms with Gasteiger partial charge in [-0.25, -0.2) is 4.68 Å². The van der Waals surface area contributed by atoms with Crippen LogP contribution in [0.4, 0.5) is 5.69 Å². The molecule has 2 heterocycles. The van der Waals surface area contributed by atoms with Gasteiger partial charge in [0.15, 0.2) is 0 Å². The zero-order valence-electron chi connectivity index (χ0n) is 10.7. The molecule has 1 saturated heterocycles. The normalized spacial score (nSPS) is 16.9. The van der Waals surface area contributed by atoms with Crippen molar-refractivity contribution in [2.75, 3.05) is 38.1 Å². The molecular weight excluding hydrogens is 234 g/mol. The molecule has 0 aromatic carbocycles. The molecule has 0 atom stereocenters. The first-order valence-corrected chi connectivity index (χ1v) is 5.91. The first-order chi connectivity index (χ1) is 8.63. The standard InChI is InChI=1S/C11H17N5O2/c1-14-3-5-16(6-4-14)10-8-12-15(2)11(17)9(10)7-13-18/h8H,3-7H2,1-2H3. The molecule has 1 aliphatic rings. The molecule has 0 N–H and O–H groups in total. The lowest BCUT2D eigenvalue weighted by molar-refractivity contribution is 0.312. The van der Waals surface area contributed by atoms with Gasteiger partial charge < -0.3 is 9.80 Å². The van der Waals surface area contributed by atoms with Crippen LogP contribution in [-0.2, 0) is 13.6 Å². The van der Waals surface area contributed by atoms with E-state index in [-0.39, 0.29) is 12.1 Å². The first-order valence-electron chi connectivity index (χ1n) is 5.91. The van der Waals surface area contributed by atoms with Crippen molar-refractivity contribution in [3.05, 3.63) is 27.0 Å². The Bertz CT molecular complexity index is 491. The number of hydrogen-bond acceptors (Lipinski definition) is 6. The molecule has 98 valence electrons. The number of aryl methyl sites for hydroxylation is 1. The number of anilines is 1. The van der Waals surface area contributed by atoms with Crippen LogP contribution in [0.1, 0.15) is 5.56 Å². The van der Waals surface area contributed by atoms with E-state index in [1.54, 1.807) is 13.2 Å². The maximum absolute atomic E-state index is 12.0. The van der Waals surface area contributed by atoms with Crippen molar-refractivity contribution in [1.29, 1.82) is 0 Å². The largest absolute Gasteiger partial charge is 0.367 e. The highest BCUT2D eigenvalue weighted by Gasteiger charge is 2.19. The van der Waals surface area contributed by atoms with E-state index in [9.17, 15) is 9.70 Å². The van der Waals surface area contributed by atoms with Crippen molar-refractivity contribution < 1.29 is 0 Å². The van der Waals surface area contributed by atoms with Crippen LogP contribution < -0.4 is 10.5 Å². The second-order valence-corrected chi connectivity index (χ2v) is 4.51. The summed E-state index contributed by atoms with van der Waals surface area (Å²) in [5.74, 6) is 0. The smallest absolute Gasteiger partial charge is 0.273 e. The summed E-state index contributed by atoms with van der Waals surface area (Å²) in [6.45, 7) is 3.43. The highest BCUT2D eigenvalue weighted by Crippen LogP contribution is 2.18. The summed E-state index contributed by atoms with van der Waals surface area (Å²) in [5, 5.41) is 6.87. The van der Waals surface area contributed by atoms with Gasteiger partial charge in [-0.05, 0) is 7.05 Å². The molecular formula is C11H17N5O2. The third-order valence-corrected chi connectivity index (χ3v) is 3.28. The van der Waals surface area contributed by atoms with E-state index in [0.29, 0.717) is 5.56 Å². The summed E-state index contributed by atoms with van der Waals surface area (Å²) in [7, 11) is 3.64. The van der Waals surface area contributed by atoms with Crippen LogP contribution in [0.3, 0.4) is 0 Å². The van der Waals surface area contributed by atoms with Gasteiger partial charge in [-0.15, -0.1) is 0 Å². The molecule has 7 heteroatoms. The highest BCUT2D eigenvalue weighted by molar-refractivity contribution is 5.51. The van der Waals surface area contributed by atoms with Crippen LogP contribution in [0, 0.1) is 4.91 Å². The molecule has 7 nitrogen and oxygen atoms in total. The van der Waals surface area contributed by atoms with Crippen LogP contribution in [0.25, 0.3) is 0 Å². The van der Waals surface area contributed by atoms with Crippen molar-refractivity contribution in [2.24, 2.45) is 12.2 Å². The molecule has 2 rings (SSSR count). The molecule has 1 aliphatic heterocycles. The van der Waals surface area contributed by atoms with Crippen molar-refractivity contribution in [3.63, 3.8) is 0 Å². The fraction of sp³-hybridized carbons (Fsp3) is 0.636. The van der Waals surface area contributed by atoms with Gasteiger partial charge in [-0.1, -0.05) is 5.18 Å². The third kappa shape index (κ3) is 2.40. The zero-order valence-corrected chi connectivity index (χ0v) is 10.7. The lowest BCUT2D eigenvalue weighted by Gasteiger charge is -2.34. The lowest BCUT2D eigenvalue weighted by Crippen LogP contribution is -2.45. The van der Waals surface area contributed by atoms with Crippen molar-refractivity contribution in [2.45, 2.75) is 6.54 Å². The van der Waals surface area contributed by atoms with Crippen LogP contribution in [0.5, 0.6) is 0 Å². The Morgan fingerprint density at radius 1 is 1.28 bits per heavy atom. The van der Waals surface area contributed by atoms with E-state index in [1.807, 2.05) is 0 Å². The topological polar surface area (TPSA) is 70.8 Å². The van der Waals surface area contributed by atoms with Gasteiger partial charge in [0.2, 0.25) is 0 Å². The molecule has 1 aromatic heterocycles. The Morgan fingerprint density at radius 2 is 1.94 bits per heavy atom. The zero-order chi connectivity index (χ0) is 13.1. The van der Waals surface area contributed by atoms with Gasteiger partial charge in [-0.3, -0.25) is 4.79 Å². The Labute approximate surface area is 105 Å². The van der Waals surface area contributed by atoms with Crippen molar-refractivity contribution >= 4 is 5.69 Å². The van der Waals surface area contributed by atoms with Crippen molar-refractivity contribution in [3.8, 4) is 0 Å². The molecule has 0 bridgehead atoms. The number of aromatic nitrogens is 2. The van der Waals surface area contributed by atoms with E-state index in [0.717, 1.165) is 31.9 Å². The van der Waals surface area contributed by atoms with Gasteiger partial charge in [0, 0.05) is 33.2 Å². The Hall–Kier alpha value is -1.76. The van der Waals surface area contributed by atoms with Gasteiger partial charge >= 0.3 is 0 Å². The van der Waals surface area contributed by atoms with E-state index < -0.39 is 0 Å². The summed E-state index contributed by atoms with van der Waals surface area (Å²) in [4.78, 5) is 26.7. The van der Waals surface area contributed by atoms with Gasteiger partial charge in [0.05, 0.1) is 17.4 Å². The predicted molar refractivity (Wildman–Crippen MR) is 68.7 cm³/mol. The predicted octanol–water partition coefficient (Wildman–Crippen LogP) is -0.202. The quantitative estimate of drug-likeness (QED) is 0.696. The first kappa shape index (κ1) is 12.7. The molecule has 18 heavy (non-hydrogen) atoms. The monoisotopic (exact) mass is 251 g/mol. The van der Waals surface area contributed by atoms with Gasteiger partial charge in [0.25, 0.3) is 5.56 Å². The highest BCUT2D eigenvalue weighted by atomic mass is 16.3. The van der Waals surface area contributed by atoms with E-state index in [4.69, 9.17) is 0 Å². The van der Waals surface area contributed by atoms with Crippen LogP contribution in [0.15, 0.2) is 16.2 Å². The second kappa shape index (κ2) is 5.26.